The number of sulfonamides is 1. The predicted molar refractivity (Wildman–Crippen MR) is 84.0 cm³/mol. The summed E-state index contributed by atoms with van der Waals surface area (Å²) in [7, 11) is -0.384. The van der Waals surface area contributed by atoms with Gasteiger partial charge in [-0.15, -0.1) is 0 Å². The second-order valence-corrected chi connectivity index (χ2v) is 6.50. The summed E-state index contributed by atoms with van der Waals surface area (Å²) in [6, 6.07) is 4.76. The molecule has 124 valence electrons. The van der Waals surface area contributed by atoms with Gasteiger partial charge in [-0.05, 0) is 18.6 Å². The molecule has 0 aliphatic carbocycles. The van der Waals surface area contributed by atoms with E-state index in [2.05, 4.69) is 10.0 Å². The molecule has 8 heteroatoms. The van der Waals surface area contributed by atoms with Crippen LogP contribution in [0.3, 0.4) is 0 Å². The lowest BCUT2D eigenvalue weighted by molar-refractivity contribution is 0.0955. The third kappa shape index (κ3) is 5.90. The lowest BCUT2D eigenvalue weighted by atomic mass is 10.2. The van der Waals surface area contributed by atoms with Crippen molar-refractivity contribution in [2.75, 3.05) is 33.1 Å². The van der Waals surface area contributed by atoms with Crippen molar-refractivity contribution in [2.24, 2.45) is 0 Å². The van der Waals surface area contributed by atoms with Crippen molar-refractivity contribution in [3.05, 3.63) is 23.8 Å². The van der Waals surface area contributed by atoms with Gasteiger partial charge in [0.15, 0.2) is 0 Å². The molecule has 0 aromatic heterocycles. The first-order valence-electron chi connectivity index (χ1n) is 6.90. The van der Waals surface area contributed by atoms with Crippen LogP contribution in [0.15, 0.2) is 18.2 Å². The highest BCUT2D eigenvalue weighted by molar-refractivity contribution is 7.89. The van der Waals surface area contributed by atoms with Crippen LogP contribution >= 0.6 is 0 Å². The molecule has 1 amide bonds. The predicted octanol–water partition coefficient (Wildman–Crippen LogP) is 0.763. The van der Waals surface area contributed by atoms with Crippen molar-refractivity contribution in [1.29, 1.82) is 0 Å². The van der Waals surface area contributed by atoms with Gasteiger partial charge in [0.25, 0.3) is 5.91 Å². The first-order valence-corrected chi connectivity index (χ1v) is 8.55. The van der Waals surface area contributed by atoms with Gasteiger partial charge in [0.1, 0.15) is 11.5 Å². The van der Waals surface area contributed by atoms with Gasteiger partial charge in [0, 0.05) is 24.7 Å². The fraction of sp³-hybridized carbons (Fsp3) is 0.500. The second-order valence-electron chi connectivity index (χ2n) is 4.57. The summed E-state index contributed by atoms with van der Waals surface area (Å²) in [6.07, 6.45) is 0.717. The minimum Gasteiger partial charge on any atom is -0.497 e. The van der Waals surface area contributed by atoms with Crippen molar-refractivity contribution >= 4 is 15.9 Å². The number of rotatable bonds is 9. The molecule has 2 N–H and O–H groups in total. The zero-order valence-corrected chi connectivity index (χ0v) is 13.8. The fourth-order valence-corrected chi connectivity index (χ4v) is 2.70. The molecule has 7 nitrogen and oxygen atoms in total. The van der Waals surface area contributed by atoms with Crippen LogP contribution in [-0.4, -0.2) is 47.4 Å². The van der Waals surface area contributed by atoms with Crippen molar-refractivity contribution < 1.29 is 22.7 Å². The first-order chi connectivity index (χ1) is 10.4. The SMILES string of the molecule is CCCNS(=O)(=O)CCNC(=O)c1cc(OC)cc(OC)c1. The Hall–Kier alpha value is -1.80. The molecule has 0 heterocycles. The number of amides is 1. The van der Waals surface area contributed by atoms with E-state index < -0.39 is 10.0 Å². The zero-order chi connectivity index (χ0) is 16.6. The summed E-state index contributed by atoms with van der Waals surface area (Å²) in [5, 5.41) is 2.56. The summed E-state index contributed by atoms with van der Waals surface area (Å²) in [6.45, 7) is 2.29. The molecule has 0 fully saturated rings. The van der Waals surface area contributed by atoms with Crippen molar-refractivity contribution in [1.82, 2.24) is 10.0 Å². The Morgan fingerprint density at radius 3 is 2.18 bits per heavy atom. The normalized spacial score (nSPS) is 11.0. The number of benzene rings is 1. The molecule has 1 rings (SSSR count). The lowest BCUT2D eigenvalue weighted by Crippen LogP contribution is -2.34. The third-order valence-electron chi connectivity index (χ3n) is 2.84. The molecular weight excluding hydrogens is 308 g/mol. The van der Waals surface area contributed by atoms with E-state index in [1.54, 1.807) is 18.2 Å². The fourth-order valence-electron chi connectivity index (χ4n) is 1.67. The van der Waals surface area contributed by atoms with E-state index in [1.807, 2.05) is 6.92 Å². The summed E-state index contributed by atoms with van der Waals surface area (Å²) in [5.41, 5.74) is 0.343. The molecule has 0 aliphatic rings. The molecule has 1 aromatic rings. The van der Waals surface area contributed by atoms with Crippen LogP contribution in [0, 0.1) is 0 Å². The monoisotopic (exact) mass is 330 g/mol. The van der Waals surface area contributed by atoms with Gasteiger partial charge in [-0.25, -0.2) is 13.1 Å². The number of carbonyl (C=O) groups excluding carboxylic acids is 1. The molecular formula is C14H22N2O5S. The molecule has 0 unspecified atom stereocenters. The van der Waals surface area contributed by atoms with Gasteiger partial charge in [-0.2, -0.15) is 0 Å². The van der Waals surface area contributed by atoms with Gasteiger partial charge in [0.2, 0.25) is 10.0 Å². The average molecular weight is 330 g/mol. The summed E-state index contributed by atoms with van der Waals surface area (Å²) < 4.78 is 35.8. The summed E-state index contributed by atoms with van der Waals surface area (Å²) >= 11 is 0. The molecule has 1 aromatic carbocycles. The van der Waals surface area contributed by atoms with Crippen LogP contribution in [0.4, 0.5) is 0 Å². The second kappa shape index (κ2) is 8.60. The Kier molecular flexibility index (Phi) is 7.13. The lowest BCUT2D eigenvalue weighted by Gasteiger charge is -2.10. The van der Waals surface area contributed by atoms with Crippen LogP contribution < -0.4 is 19.5 Å². The van der Waals surface area contributed by atoms with E-state index in [9.17, 15) is 13.2 Å². The number of methoxy groups -OCH3 is 2. The first kappa shape index (κ1) is 18.2. The number of nitrogens with one attached hydrogen (secondary N) is 2. The van der Waals surface area contributed by atoms with Crippen LogP contribution in [-0.2, 0) is 10.0 Å². The minimum atomic E-state index is -3.36. The Labute approximate surface area is 131 Å². The quantitative estimate of drug-likeness (QED) is 0.697. The van der Waals surface area contributed by atoms with Crippen molar-refractivity contribution in [2.45, 2.75) is 13.3 Å². The van der Waals surface area contributed by atoms with Gasteiger partial charge in [-0.1, -0.05) is 6.92 Å². The van der Waals surface area contributed by atoms with Crippen LogP contribution in [0.1, 0.15) is 23.7 Å². The zero-order valence-electron chi connectivity index (χ0n) is 13.0. The highest BCUT2D eigenvalue weighted by Gasteiger charge is 2.12. The van der Waals surface area contributed by atoms with Crippen LogP contribution in [0.5, 0.6) is 11.5 Å². The van der Waals surface area contributed by atoms with Gasteiger partial charge in [-0.3, -0.25) is 4.79 Å². The molecule has 0 saturated carbocycles. The van der Waals surface area contributed by atoms with Gasteiger partial charge < -0.3 is 14.8 Å². The average Bonchev–Trinajstić information content (AvgIpc) is 2.52. The number of hydrogen-bond acceptors (Lipinski definition) is 5. The largest absolute Gasteiger partial charge is 0.497 e. The minimum absolute atomic E-state index is 0.0252. The van der Waals surface area contributed by atoms with Crippen LogP contribution in [0.25, 0.3) is 0 Å². The number of ether oxygens (including phenoxy) is 2. The van der Waals surface area contributed by atoms with Gasteiger partial charge >= 0.3 is 0 Å². The van der Waals surface area contributed by atoms with E-state index in [0.717, 1.165) is 6.42 Å². The maximum Gasteiger partial charge on any atom is 0.251 e. The van der Waals surface area contributed by atoms with Crippen LogP contribution in [0.2, 0.25) is 0 Å². The van der Waals surface area contributed by atoms with Crippen molar-refractivity contribution in [3.8, 4) is 11.5 Å². The Balaban J connectivity index is 2.62. The third-order valence-corrected chi connectivity index (χ3v) is 4.23. The summed E-state index contributed by atoms with van der Waals surface area (Å²) in [5.74, 6) is 0.422. The molecule has 22 heavy (non-hydrogen) atoms. The number of carbonyl (C=O) groups is 1. The van der Waals surface area contributed by atoms with Crippen molar-refractivity contribution in [3.63, 3.8) is 0 Å². The van der Waals surface area contributed by atoms with E-state index in [4.69, 9.17) is 9.47 Å². The Morgan fingerprint density at radius 2 is 1.68 bits per heavy atom. The molecule has 0 radical (unpaired) electrons. The summed E-state index contributed by atoms with van der Waals surface area (Å²) in [4.78, 5) is 12.0. The number of hydrogen-bond donors (Lipinski definition) is 2. The van der Waals surface area contributed by atoms with E-state index in [-0.39, 0.29) is 18.2 Å². The van der Waals surface area contributed by atoms with E-state index >= 15 is 0 Å². The maximum absolute atomic E-state index is 12.0. The molecule has 0 saturated heterocycles. The van der Waals surface area contributed by atoms with E-state index in [0.29, 0.717) is 23.6 Å². The standard InChI is InChI=1S/C14H22N2O5S/c1-4-5-16-22(18,19)7-6-15-14(17)11-8-12(20-2)10-13(9-11)21-3/h8-10,16H,4-7H2,1-3H3,(H,15,17). The molecule has 0 bridgehead atoms. The van der Waals surface area contributed by atoms with Gasteiger partial charge in [0.05, 0.1) is 20.0 Å². The molecule has 0 aliphatic heterocycles. The smallest absolute Gasteiger partial charge is 0.251 e. The van der Waals surface area contributed by atoms with E-state index in [1.165, 1.54) is 14.2 Å². The Morgan fingerprint density at radius 1 is 1.09 bits per heavy atom. The molecule has 0 spiro atoms. The topological polar surface area (TPSA) is 93.7 Å². The maximum atomic E-state index is 12.0. The molecule has 0 atom stereocenters. The highest BCUT2D eigenvalue weighted by atomic mass is 32.2. The highest BCUT2D eigenvalue weighted by Crippen LogP contribution is 2.22. The Bertz CT molecular complexity index is 579.